The highest BCUT2D eigenvalue weighted by Gasteiger charge is 2.31. The maximum absolute atomic E-state index is 12.8. The van der Waals surface area contributed by atoms with Crippen LogP contribution in [0.2, 0.25) is 5.02 Å². The number of ether oxygens (including phenoxy) is 2. The number of nitrogens with one attached hydrogen (secondary N) is 1. The minimum atomic E-state index is -0.230. The fraction of sp³-hybridized carbons (Fsp3) is 0.519. The van der Waals surface area contributed by atoms with E-state index >= 15 is 0 Å². The van der Waals surface area contributed by atoms with Crippen molar-refractivity contribution in [3.63, 3.8) is 0 Å². The number of amides is 1. The maximum Gasteiger partial charge on any atom is 0.232 e. The summed E-state index contributed by atoms with van der Waals surface area (Å²) in [6.45, 7) is 13.9. The summed E-state index contributed by atoms with van der Waals surface area (Å²) in [5.41, 5.74) is 5.43. The van der Waals surface area contributed by atoms with Gasteiger partial charge in [-0.2, -0.15) is 0 Å². The van der Waals surface area contributed by atoms with Crippen molar-refractivity contribution in [1.82, 2.24) is 4.90 Å². The van der Waals surface area contributed by atoms with Crippen LogP contribution in [-0.4, -0.2) is 50.3 Å². The minimum absolute atomic E-state index is 0.0373. The van der Waals surface area contributed by atoms with E-state index in [1.807, 2.05) is 18.2 Å². The number of anilines is 1. The van der Waals surface area contributed by atoms with Gasteiger partial charge in [0.15, 0.2) is 0 Å². The molecule has 1 unspecified atom stereocenters. The fourth-order valence-electron chi connectivity index (χ4n) is 4.72. The first-order valence-electron chi connectivity index (χ1n) is 12.0. The van der Waals surface area contributed by atoms with Crippen LogP contribution in [0.3, 0.4) is 0 Å². The molecular weight excluding hydrogens is 436 g/mol. The predicted octanol–water partition coefficient (Wildman–Crippen LogP) is 5.58. The summed E-state index contributed by atoms with van der Waals surface area (Å²) < 4.78 is 11.9. The van der Waals surface area contributed by atoms with Gasteiger partial charge in [-0.3, -0.25) is 9.69 Å². The van der Waals surface area contributed by atoms with Crippen LogP contribution in [0, 0.1) is 0 Å². The lowest BCUT2D eigenvalue weighted by Crippen LogP contribution is -2.38. The number of benzene rings is 2. The Morgan fingerprint density at radius 3 is 2.39 bits per heavy atom. The van der Waals surface area contributed by atoms with Gasteiger partial charge in [0.1, 0.15) is 12.4 Å². The molecule has 0 aromatic heterocycles. The van der Waals surface area contributed by atoms with Crippen LogP contribution in [0.4, 0.5) is 5.69 Å². The number of morpholine rings is 1. The Bertz CT molecular complexity index is 970. The van der Waals surface area contributed by atoms with Crippen molar-refractivity contribution in [3.05, 3.63) is 57.6 Å². The largest absolute Gasteiger partial charge is 0.492 e. The molecular formula is C27H35ClN2O3. The van der Waals surface area contributed by atoms with E-state index in [9.17, 15) is 4.79 Å². The van der Waals surface area contributed by atoms with Gasteiger partial charge in [0.2, 0.25) is 5.91 Å². The van der Waals surface area contributed by atoms with Crippen LogP contribution in [0.5, 0.6) is 5.75 Å². The van der Waals surface area contributed by atoms with Crippen molar-refractivity contribution < 1.29 is 14.3 Å². The van der Waals surface area contributed by atoms with E-state index in [-0.39, 0.29) is 11.8 Å². The summed E-state index contributed by atoms with van der Waals surface area (Å²) in [4.78, 5) is 15.1. The van der Waals surface area contributed by atoms with Gasteiger partial charge in [-0.1, -0.05) is 51.4 Å². The Morgan fingerprint density at radius 1 is 1.09 bits per heavy atom. The number of nitrogens with zero attached hydrogens (tertiary/aromatic N) is 1. The Kier molecular flexibility index (Phi) is 7.62. The number of carbonyl (C=O) groups is 1. The first-order chi connectivity index (χ1) is 15.8. The Hall–Kier alpha value is -2.08. The van der Waals surface area contributed by atoms with E-state index < -0.39 is 0 Å². The van der Waals surface area contributed by atoms with Gasteiger partial charge in [-0.25, -0.2) is 0 Å². The van der Waals surface area contributed by atoms with Crippen LogP contribution < -0.4 is 10.1 Å². The summed E-state index contributed by atoms with van der Waals surface area (Å²) >= 11 is 6.23. The number of carbonyl (C=O) groups excluding carboxylic acids is 1. The first kappa shape index (κ1) is 24.1. The molecule has 2 aromatic carbocycles. The van der Waals surface area contributed by atoms with Gasteiger partial charge in [0.05, 0.1) is 19.1 Å². The second-order valence-corrected chi connectivity index (χ2v) is 10.1. The second-order valence-electron chi connectivity index (χ2n) is 9.69. The third kappa shape index (κ3) is 5.53. The lowest BCUT2D eigenvalue weighted by molar-refractivity contribution is -0.117. The van der Waals surface area contributed by atoms with Crippen molar-refractivity contribution in [2.75, 3.05) is 44.8 Å². The van der Waals surface area contributed by atoms with E-state index in [4.69, 9.17) is 21.1 Å². The summed E-state index contributed by atoms with van der Waals surface area (Å²) in [5, 5.41) is 3.66. The quantitative estimate of drug-likeness (QED) is 0.547. The lowest BCUT2D eigenvalue weighted by Gasteiger charge is -2.27. The van der Waals surface area contributed by atoms with Crippen molar-refractivity contribution >= 4 is 23.2 Å². The van der Waals surface area contributed by atoms with Crippen LogP contribution >= 0.6 is 11.6 Å². The molecule has 2 aromatic rings. The SMILES string of the molecule is CC(C)c1cc(CC2C(=O)Nc3ccc(Cl)cc32)cc(C(C)C)c1OCCN1CCOCC1. The molecule has 1 amide bonds. The molecule has 6 heteroatoms. The van der Waals surface area contributed by atoms with E-state index in [2.05, 4.69) is 50.0 Å². The molecule has 0 aliphatic carbocycles. The van der Waals surface area contributed by atoms with Gasteiger partial charge in [-0.15, -0.1) is 0 Å². The van der Waals surface area contributed by atoms with Gasteiger partial charge in [0.25, 0.3) is 0 Å². The molecule has 4 rings (SSSR count). The molecule has 1 atom stereocenters. The number of hydrogen-bond acceptors (Lipinski definition) is 4. The summed E-state index contributed by atoms with van der Waals surface area (Å²) in [6, 6.07) is 10.1. The average Bonchev–Trinajstić information content (AvgIpc) is 3.09. The van der Waals surface area contributed by atoms with Crippen LogP contribution in [0.15, 0.2) is 30.3 Å². The smallest absolute Gasteiger partial charge is 0.232 e. The highest BCUT2D eigenvalue weighted by Crippen LogP contribution is 2.40. The highest BCUT2D eigenvalue weighted by molar-refractivity contribution is 6.31. The van der Waals surface area contributed by atoms with E-state index in [0.717, 1.165) is 55.4 Å². The molecule has 2 aliphatic heterocycles. The predicted molar refractivity (Wildman–Crippen MR) is 134 cm³/mol. The zero-order valence-corrected chi connectivity index (χ0v) is 20.9. The zero-order valence-electron chi connectivity index (χ0n) is 20.1. The van der Waals surface area contributed by atoms with Crippen molar-refractivity contribution in [3.8, 4) is 5.75 Å². The van der Waals surface area contributed by atoms with Crippen molar-refractivity contribution in [2.24, 2.45) is 0 Å². The molecule has 1 N–H and O–H groups in total. The third-order valence-corrected chi connectivity index (χ3v) is 6.85. The Morgan fingerprint density at radius 2 is 1.76 bits per heavy atom. The fourth-order valence-corrected chi connectivity index (χ4v) is 4.90. The van der Waals surface area contributed by atoms with Gasteiger partial charge >= 0.3 is 0 Å². The first-order valence-corrected chi connectivity index (χ1v) is 12.4. The normalized spacial score (nSPS) is 18.6. The number of fused-ring (bicyclic) bond motifs is 1. The molecule has 1 fully saturated rings. The molecule has 2 aliphatic rings. The molecule has 0 saturated carbocycles. The van der Waals surface area contributed by atoms with Gasteiger partial charge in [0, 0.05) is 30.3 Å². The van der Waals surface area contributed by atoms with E-state index in [1.165, 1.54) is 11.1 Å². The molecule has 33 heavy (non-hydrogen) atoms. The number of halogens is 1. The summed E-state index contributed by atoms with van der Waals surface area (Å²) in [6.07, 6.45) is 0.646. The standard InChI is InChI=1S/C27H35ClN2O3/c1-17(2)21-13-19(15-24-23-16-20(28)5-6-25(23)29-27(24)31)14-22(18(3)4)26(21)33-12-9-30-7-10-32-11-8-30/h5-6,13-14,16-18,24H,7-12,15H2,1-4H3,(H,29,31). The Labute approximate surface area is 202 Å². The van der Waals surface area contributed by atoms with Crippen LogP contribution in [0.1, 0.15) is 67.7 Å². The number of rotatable bonds is 8. The highest BCUT2D eigenvalue weighted by atomic mass is 35.5. The summed E-state index contributed by atoms with van der Waals surface area (Å²) in [7, 11) is 0. The summed E-state index contributed by atoms with van der Waals surface area (Å²) in [5.74, 6) is 1.46. The van der Waals surface area contributed by atoms with Crippen LogP contribution in [0.25, 0.3) is 0 Å². The monoisotopic (exact) mass is 470 g/mol. The lowest BCUT2D eigenvalue weighted by atomic mass is 9.87. The molecule has 1 saturated heterocycles. The zero-order chi connectivity index (χ0) is 23.5. The van der Waals surface area contributed by atoms with Crippen molar-refractivity contribution in [2.45, 2.75) is 51.9 Å². The third-order valence-electron chi connectivity index (χ3n) is 6.61. The topological polar surface area (TPSA) is 50.8 Å². The van der Waals surface area contributed by atoms with E-state index in [1.54, 1.807) is 0 Å². The molecule has 2 heterocycles. The average molecular weight is 471 g/mol. The van der Waals surface area contributed by atoms with Gasteiger partial charge < -0.3 is 14.8 Å². The Balaban J connectivity index is 1.58. The van der Waals surface area contributed by atoms with Crippen molar-refractivity contribution in [1.29, 1.82) is 0 Å². The molecule has 0 radical (unpaired) electrons. The second kappa shape index (κ2) is 10.5. The van der Waals surface area contributed by atoms with Gasteiger partial charge in [-0.05, 0) is 58.7 Å². The number of hydrogen-bond donors (Lipinski definition) is 1. The minimum Gasteiger partial charge on any atom is -0.492 e. The molecule has 0 spiro atoms. The molecule has 0 bridgehead atoms. The molecule has 5 nitrogen and oxygen atoms in total. The maximum atomic E-state index is 12.8. The van der Waals surface area contributed by atoms with E-state index in [0.29, 0.717) is 29.9 Å². The van der Waals surface area contributed by atoms with Crippen LogP contribution in [-0.2, 0) is 16.0 Å². The molecule has 178 valence electrons.